The zero-order valence-corrected chi connectivity index (χ0v) is 15.7. The first-order valence-electron chi connectivity index (χ1n) is 8.76. The summed E-state index contributed by atoms with van der Waals surface area (Å²) in [5, 5.41) is 14.6. The molecule has 0 fully saturated rings. The lowest BCUT2D eigenvalue weighted by molar-refractivity contribution is -0.142. The van der Waals surface area contributed by atoms with Gasteiger partial charge in [0.2, 0.25) is 11.8 Å². The molecule has 0 bridgehead atoms. The lowest BCUT2D eigenvalue weighted by atomic mass is 9.99. The number of hydrogen-bond acceptors (Lipinski definition) is 4. The van der Waals surface area contributed by atoms with E-state index in [9.17, 15) is 19.5 Å². The molecule has 1 aromatic carbocycles. The first-order chi connectivity index (χ1) is 12.1. The third-order valence-electron chi connectivity index (χ3n) is 4.17. The molecule has 1 aromatic rings. The van der Waals surface area contributed by atoms with E-state index in [0.717, 1.165) is 5.56 Å². The Morgan fingerprint density at radius 3 is 2.00 bits per heavy atom. The first-order valence-corrected chi connectivity index (χ1v) is 8.76. The van der Waals surface area contributed by atoms with Crippen LogP contribution in [0.25, 0.3) is 0 Å². The van der Waals surface area contributed by atoms with E-state index >= 15 is 0 Å². The molecule has 7 heteroatoms. The van der Waals surface area contributed by atoms with Crippen LogP contribution in [-0.2, 0) is 20.8 Å². The Bertz CT molecular complexity index is 616. The van der Waals surface area contributed by atoms with Crippen LogP contribution in [0.3, 0.4) is 0 Å². The van der Waals surface area contributed by atoms with Crippen molar-refractivity contribution in [2.45, 2.75) is 52.2 Å². The van der Waals surface area contributed by atoms with E-state index in [1.54, 1.807) is 38.1 Å². The maximum absolute atomic E-state index is 12.6. The number of benzene rings is 1. The Morgan fingerprint density at radius 1 is 0.962 bits per heavy atom. The number of nitrogens with two attached hydrogens (primary N) is 1. The number of nitrogens with one attached hydrogen (secondary N) is 2. The van der Waals surface area contributed by atoms with Crippen LogP contribution in [0, 0.1) is 11.8 Å². The van der Waals surface area contributed by atoms with Crippen molar-refractivity contribution in [3.8, 4) is 0 Å². The van der Waals surface area contributed by atoms with Crippen LogP contribution in [0.4, 0.5) is 0 Å². The van der Waals surface area contributed by atoms with Crippen molar-refractivity contribution >= 4 is 17.8 Å². The lowest BCUT2D eigenvalue weighted by Crippen LogP contribution is -2.57. The molecule has 0 radical (unpaired) electrons. The van der Waals surface area contributed by atoms with Crippen molar-refractivity contribution in [1.82, 2.24) is 10.6 Å². The van der Waals surface area contributed by atoms with Crippen molar-refractivity contribution in [2.75, 3.05) is 0 Å². The average molecular weight is 363 g/mol. The highest BCUT2D eigenvalue weighted by molar-refractivity contribution is 5.92. The second-order valence-electron chi connectivity index (χ2n) is 7.09. The quantitative estimate of drug-likeness (QED) is 0.520. The fourth-order valence-electron chi connectivity index (χ4n) is 2.40. The van der Waals surface area contributed by atoms with Crippen LogP contribution < -0.4 is 16.4 Å². The Hall–Kier alpha value is -2.41. The Kier molecular flexibility index (Phi) is 8.25. The Morgan fingerprint density at radius 2 is 1.54 bits per heavy atom. The second-order valence-corrected chi connectivity index (χ2v) is 7.09. The Balaban J connectivity index is 2.83. The van der Waals surface area contributed by atoms with Crippen molar-refractivity contribution < 1.29 is 19.5 Å². The van der Waals surface area contributed by atoms with E-state index in [-0.39, 0.29) is 18.3 Å². The topological polar surface area (TPSA) is 122 Å². The molecule has 26 heavy (non-hydrogen) atoms. The zero-order chi connectivity index (χ0) is 19.9. The highest BCUT2D eigenvalue weighted by atomic mass is 16.4. The summed E-state index contributed by atoms with van der Waals surface area (Å²) < 4.78 is 0. The summed E-state index contributed by atoms with van der Waals surface area (Å²) in [6, 6.07) is 6.37. The monoisotopic (exact) mass is 363 g/mol. The van der Waals surface area contributed by atoms with Gasteiger partial charge in [0.15, 0.2) is 0 Å². The van der Waals surface area contributed by atoms with Gasteiger partial charge in [-0.1, -0.05) is 58.0 Å². The molecule has 144 valence electrons. The highest BCUT2D eigenvalue weighted by Gasteiger charge is 2.30. The number of carbonyl (C=O) groups excluding carboxylic acids is 2. The fourth-order valence-corrected chi connectivity index (χ4v) is 2.40. The first kappa shape index (κ1) is 21.6. The maximum Gasteiger partial charge on any atom is 0.326 e. The predicted molar refractivity (Wildman–Crippen MR) is 99.3 cm³/mol. The van der Waals surface area contributed by atoms with Gasteiger partial charge in [0.05, 0.1) is 6.04 Å². The van der Waals surface area contributed by atoms with Gasteiger partial charge < -0.3 is 21.5 Å². The van der Waals surface area contributed by atoms with Gasteiger partial charge in [-0.25, -0.2) is 4.79 Å². The normalized spacial score (nSPS) is 14.6. The molecule has 0 aromatic heterocycles. The molecule has 0 aliphatic carbocycles. The van der Waals surface area contributed by atoms with Crippen LogP contribution in [0.15, 0.2) is 30.3 Å². The minimum Gasteiger partial charge on any atom is -0.480 e. The summed E-state index contributed by atoms with van der Waals surface area (Å²) >= 11 is 0. The molecule has 0 heterocycles. The summed E-state index contributed by atoms with van der Waals surface area (Å²) in [4.78, 5) is 36.3. The van der Waals surface area contributed by atoms with E-state index in [1.807, 2.05) is 19.9 Å². The minimum absolute atomic E-state index is 0.0734. The van der Waals surface area contributed by atoms with Crippen molar-refractivity contribution in [2.24, 2.45) is 17.6 Å². The van der Waals surface area contributed by atoms with E-state index < -0.39 is 35.9 Å². The second kappa shape index (κ2) is 9.91. The molecule has 0 spiro atoms. The van der Waals surface area contributed by atoms with Crippen LogP contribution in [-0.4, -0.2) is 41.0 Å². The number of carboxylic acids is 1. The number of carbonyl (C=O) groups is 3. The van der Waals surface area contributed by atoms with Crippen LogP contribution in [0.1, 0.15) is 33.3 Å². The summed E-state index contributed by atoms with van der Waals surface area (Å²) in [5.41, 5.74) is 6.62. The van der Waals surface area contributed by atoms with Gasteiger partial charge in [0, 0.05) is 6.42 Å². The number of amides is 2. The number of carboxylic acid groups (broad SMARTS) is 1. The lowest BCUT2D eigenvalue weighted by Gasteiger charge is -2.26. The number of hydrogen-bond donors (Lipinski definition) is 4. The summed E-state index contributed by atoms with van der Waals surface area (Å²) in [5.74, 6) is -2.38. The van der Waals surface area contributed by atoms with Gasteiger partial charge in [-0.3, -0.25) is 9.59 Å². The molecular weight excluding hydrogens is 334 g/mol. The van der Waals surface area contributed by atoms with Gasteiger partial charge in [-0.05, 0) is 17.4 Å². The third-order valence-corrected chi connectivity index (χ3v) is 4.17. The van der Waals surface area contributed by atoms with E-state index in [2.05, 4.69) is 10.6 Å². The van der Waals surface area contributed by atoms with Gasteiger partial charge >= 0.3 is 5.97 Å². The maximum atomic E-state index is 12.6. The molecule has 0 saturated heterocycles. The standard InChI is InChI=1S/C19H29N3O4/c1-11(2)15(20)17(23)22-16(12(3)4)18(24)21-14(19(25)26)10-13-8-6-5-7-9-13/h5-9,11-12,14-16H,10,20H2,1-4H3,(H,21,24)(H,22,23)(H,25,26)/t14-,15+,16+/m0/s1. The van der Waals surface area contributed by atoms with E-state index in [4.69, 9.17) is 5.73 Å². The Labute approximate surface area is 154 Å². The minimum atomic E-state index is -1.13. The van der Waals surface area contributed by atoms with Crippen molar-refractivity contribution in [1.29, 1.82) is 0 Å². The third kappa shape index (κ3) is 6.48. The molecule has 1 rings (SSSR count). The van der Waals surface area contributed by atoms with Crippen molar-refractivity contribution in [3.63, 3.8) is 0 Å². The molecule has 0 aliphatic heterocycles. The van der Waals surface area contributed by atoms with Crippen LogP contribution >= 0.6 is 0 Å². The average Bonchev–Trinajstić information content (AvgIpc) is 2.58. The highest BCUT2D eigenvalue weighted by Crippen LogP contribution is 2.08. The van der Waals surface area contributed by atoms with E-state index in [1.165, 1.54) is 0 Å². The molecule has 0 unspecified atom stereocenters. The predicted octanol–water partition coefficient (Wildman–Crippen LogP) is 0.923. The number of aliphatic carboxylic acids is 1. The molecule has 2 amide bonds. The van der Waals surface area contributed by atoms with E-state index in [0.29, 0.717) is 0 Å². The zero-order valence-electron chi connectivity index (χ0n) is 15.7. The smallest absolute Gasteiger partial charge is 0.326 e. The summed E-state index contributed by atoms with van der Waals surface area (Å²) in [7, 11) is 0. The van der Waals surface area contributed by atoms with Gasteiger partial charge in [-0.2, -0.15) is 0 Å². The SMILES string of the molecule is CC(C)[C@@H](N)C(=O)N[C@@H](C(=O)N[C@@H](Cc1ccccc1)C(=O)O)C(C)C. The fraction of sp³-hybridized carbons (Fsp3) is 0.526. The van der Waals surface area contributed by atoms with Gasteiger partial charge in [-0.15, -0.1) is 0 Å². The number of rotatable bonds is 9. The van der Waals surface area contributed by atoms with Gasteiger partial charge in [0.1, 0.15) is 12.1 Å². The largest absolute Gasteiger partial charge is 0.480 e. The molecule has 5 N–H and O–H groups in total. The molecule has 0 saturated carbocycles. The van der Waals surface area contributed by atoms with Crippen LogP contribution in [0.5, 0.6) is 0 Å². The molecular formula is C19H29N3O4. The van der Waals surface area contributed by atoms with Crippen LogP contribution in [0.2, 0.25) is 0 Å². The molecule has 7 nitrogen and oxygen atoms in total. The molecule has 3 atom stereocenters. The summed E-state index contributed by atoms with van der Waals surface area (Å²) in [6.45, 7) is 7.18. The molecule has 0 aliphatic rings. The van der Waals surface area contributed by atoms with Gasteiger partial charge in [0.25, 0.3) is 0 Å². The summed E-state index contributed by atoms with van der Waals surface area (Å²) in [6.07, 6.45) is 0.159. The van der Waals surface area contributed by atoms with Crippen molar-refractivity contribution in [3.05, 3.63) is 35.9 Å².